The molecule has 0 spiro atoms. The molecule has 1 aromatic heterocycles. The second-order valence-corrected chi connectivity index (χ2v) is 6.13. The van der Waals surface area contributed by atoms with Gasteiger partial charge in [-0.25, -0.2) is 9.78 Å². The van der Waals surface area contributed by atoms with E-state index in [1.165, 1.54) is 11.3 Å². The molecule has 0 aliphatic rings. The van der Waals surface area contributed by atoms with Gasteiger partial charge >= 0.3 is 5.97 Å². The summed E-state index contributed by atoms with van der Waals surface area (Å²) in [6, 6.07) is 0. The maximum Gasteiger partial charge on any atom is 0.347 e. The van der Waals surface area contributed by atoms with Crippen LogP contribution in [0.5, 0.6) is 0 Å². The molecule has 0 fully saturated rings. The lowest BCUT2D eigenvalue weighted by Gasteiger charge is -2.17. The molecule has 0 aliphatic carbocycles. The minimum atomic E-state index is -0.886. The summed E-state index contributed by atoms with van der Waals surface area (Å²) in [5.41, 5.74) is 0.433. The molecule has 4 nitrogen and oxygen atoms in total. The minimum absolute atomic E-state index is 0.241. The van der Waals surface area contributed by atoms with E-state index >= 15 is 0 Å². The Morgan fingerprint density at radius 1 is 1.47 bits per heavy atom. The molecule has 1 rings (SSSR count). The summed E-state index contributed by atoms with van der Waals surface area (Å²) in [5.74, 6) is -0.886. The first-order chi connectivity index (χ1) is 7.77. The number of aromatic carboxylic acids is 1. The van der Waals surface area contributed by atoms with Crippen LogP contribution in [0.3, 0.4) is 0 Å². The highest BCUT2D eigenvalue weighted by Gasteiger charge is 2.27. The number of hydrogen-bond donors (Lipinski definition) is 1. The number of thiazole rings is 1. The average Bonchev–Trinajstić information content (AvgIpc) is 2.61. The van der Waals surface area contributed by atoms with E-state index in [1.54, 1.807) is 0 Å². The van der Waals surface area contributed by atoms with Crippen molar-refractivity contribution in [2.75, 3.05) is 18.5 Å². The standard InChI is InChI=1S/C12H20N2O2S/c1-6-7-14(5)11-13-9(12(2,3)4)8(17-11)10(15)16/h6-7H2,1-5H3,(H,15,16). The quantitative estimate of drug-likeness (QED) is 0.899. The summed E-state index contributed by atoms with van der Waals surface area (Å²) >= 11 is 1.26. The summed E-state index contributed by atoms with van der Waals surface area (Å²) in [6.07, 6.45) is 1.02. The Bertz CT molecular complexity index is 407. The zero-order valence-corrected chi connectivity index (χ0v) is 11.9. The maximum absolute atomic E-state index is 11.2. The number of carboxylic acids is 1. The van der Waals surface area contributed by atoms with Crippen molar-refractivity contribution < 1.29 is 9.90 Å². The Kier molecular flexibility index (Phi) is 4.14. The molecule has 0 aliphatic heterocycles. The van der Waals surface area contributed by atoms with Gasteiger partial charge in [0.25, 0.3) is 0 Å². The summed E-state index contributed by atoms with van der Waals surface area (Å²) < 4.78 is 0. The van der Waals surface area contributed by atoms with E-state index in [0.717, 1.165) is 18.1 Å². The summed E-state index contributed by atoms with van der Waals surface area (Å²) in [6.45, 7) is 8.93. The highest BCUT2D eigenvalue weighted by atomic mass is 32.1. The highest BCUT2D eigenvalue weighted by molar-refractivity contribution is 7.17. The number of anilines is 1. The van der Waals surface area contributed by atoms with Crippen LogP contribution in [-0.2, 0) is 5.41 Å². The lowest BCUT2D eigenvalue weighted by Crippen LogP contribution is -2.19. The predicted molar refractivity (Wildman–Crippen MR) is 71.3 cm³/mol. The van der Waals surface area contributed by atoms with Crippen LogP contribution in [0.25, 0.3) is 0 Å². The Hall–Kier alpha value is -1.10. The van der Waals surface area contributed by atoms with Crippen LogP contribution in [0.15, 0.2) is 0 Å². The van der Waals surface area contributed by atoms with Crippen LogP contribution in [0.2, 0.25) is 0 Å². The van der Waals surface area contributed by atoms with Gasteiger partial charge in [-0.1, -0.05) is 39.0 Å². The fourth-order valence-corrected chi connectivity index (χ4v) is 2.66. The van der Waals surface area contributed by atoms with Gasteiger partial charge in [0.2, 0.25) is 0 Å². The molecule has 0 atom stereocenters. The van der Waals surface area contributed by atoms with E-state index in [1.807, 2.05) is 32.7 Å². The van der Waals surface area contributed by atoms with E-state index in [2.05, 4.69) is 11.9 Å². The molecular formula is C12H20N2O2S. The van der Waals surface area contributed by atoms with Crippen molar-refractivity contribution in [3.05, 3.63) is 10.6 Å². The molecule has 1 heterocycles. The molecule has 1 N–H and O–H groups in total. The van der Waals surface area contributed by atoms with Gasteiger partial charge in [0.05, 0.1) is 5.69 Å². The van der Waals surface area contributed by atoms with Crippen LogP contribution in [0.4, 0.5) is 5.13 Å². The molecule has 1 aromatic rings. The third-order valence-corrected chi connectivity index (χ3v) is 3.56. The molecule has 0 unspecified atom stereocenters. The Labute approximate surface area is 106 Å². The molecule has 5 heteroatoms. The smallest absolute Gasteiger partial charge is 0.347 e. The molecule has 0 bridgehead atoms. The average molecular weight is 256 g/mol. The zero-order chi connectivity index (χ0) is 13.2. The van der Waals surface area contributed by atoms with Gasteiger partial charge in [-0.05, 0) is 6.42 Å². The largest absolute Gasteiger partial charge is 0.477 e. The lowest BCUT2D eigenvalue weighted by molar-refractivity contribution is 0.0699. The predicted octanol–water partition coefficient (Wildman–Crippen LogP) is 2.99. The molecule has 96 valence electrons. The molecule has 0 amide bonds. The van der Waals surface area contributed by atoms with E-state index < -0.39 is 5.97 Å². The maximum atomic E-state index is 11.2. The van der Waals surface area contributed by atoms with Gasteiger partial charge in [-0.2, -0.15) is 0 Å². The van der Waals surface area contributed by atoms with E-state index in [4.69, 9.17) is 0 Å². The van der Waals surface area contributed by atoms with Crippen LogP contribution < -0.4 is 4.90 Å². The number of rotatable bonds is 4. The van der Waals surface area contributed by atoms with Crippen molar-refractivity contribution >= 4 is 22.4 Å². The van der Waals surface area contributed by atoms with Crippen LogP contribution in [0, 0.1) is 0 Å². The molecular weight excluding hydrogens is 236 g/mol. The Morgan fingerprint density at radius 3 is 2.41 bits per heavy atom. The summed E-state index contributed by atoms with van der Waals surface area (Å²) in [7, 11) is 1.94. The minimum Gasteiger partial charge on any atom is -0.477 e. The van der Waals surface area contributed by atoms with Crippen molar-refractivity contribution in [2.45, 2.75) is 39.5 Å². The molecule has 0 radical (unpaired) electrons. The number of nitrogens with zero attached hydrogens (tertiary/aromatic N) is 2. The number of aromatic nitrogens is 1. The third kappa shape index (κ3) is 3.19. The summed E-state index contributed by atoms with van der Waals surface area (Å²) in [4.78, 5) is 18.1. The van der Waals surface area contributed by atoms with Gasteiger partial charge < -0.3 is 10.0 Å². The zero-order valence-electron chi connectivity index (χ0n) is 11.1. The van der Waals surface area contributed by atoms with Gasteiger partial charge in [0.15, 0.2) is 5.13 Å². The number of carbonyl (C=O) groups is 1. The fraction of sp³-hybridized carbons (Fsp3) is 0.667. The van der Waals surface area contributed by atoms with Crippen molar-refractivity contribution in [3.8, 4) is 0 Å². The van der Waals surface area contributed by atoms with Crippen molar-refractivity contribution in [1.82, 2.24) is 4.98 Å². The van der Waals surface area contributed by atoms with E-state index in [0.29, 0.717) is 10.6 Å². The number of carboxylic acid groups (broad SMARTS) is 1. The van der Waals surface area contributed by atoms with Gasteiger partial charge in [-0.15, -0.1) is 0 Å². The first-order valence-electron chi connectivity index (χ1n) is 5.73. The van der Waals surface area contributed by atoms with Gasteiger partial charge in [-0.3, -0.25) is 0 Å². The van der Waals surface area contributed by atoms with Crippen LogP contribution in [-0.4, -0.2) is 29.7 Å². The van der Waals surface area contributed by atoms with Gasteiger partial charge in [0.1, 0.15) is 4.88 Å². The first kappa shape index (κ1) is 14.0. The van der Waals surface area contributed by atoms with E-state index in [-0.39, 0.29) is 5.41 Å². The van der Waals surface area contributed by atoms with Crippen LogP contribution in [0.1, 0.15) is 49.5 Å². The summed E-state index contributed by atoms with van der Waals surface area (Å²) in [5, 5.41) is 9.99. The van der Waals surface area contributed by atoms with Gasteiger partial charge in [0, 0.05) is 19.0 Å². The lowest BCUT2D eigenvalue weighted by atomic mass is 9.91. The SMILES string of the molecule is CCCN(C)c1nc(C(C)(C)C)c(C(=O)O)s1. The monoisotopic (exact) mass is 256 g/mol. The molecule has 0 saturated heterocycles. The molecule has 17 heavy (non-hydrogen) atoms. The van der Waals surface area contributed by atoms with E-state index in [9.17, 15) is 9.90 Å². The fourth-order valence-electron chi connectivity index (χ4n) is 1.56. The van der Waals surface area contributed by atoms with Crippen molar-refractivity contribution in [1.29, 1.82) is 0 Å². The van der Waals surface area contributed by atoms with Crippen molar-refractivity contribution in [3.63, 3.8) is 0 Å². The Balaban J connectivity index is 3.17. The third-order valence-electron chi connectivity index (χ3n) is 2.41. The second-order valence-electron chi connectivity index (χ2n) is 5.15. The molecule has 0 saturated carbocycles. The normalized spacial score (nSPS) is 11.6. The van der Waals surface area contributed by atoms with Crippen LogP contribution >= 0.6 is 11.3 Å². The second kappa shape index (κ2) is 5.04. The number of hydrogen-bond acceptors (Lipinski definition) is 4. The highest BCUT2D eigenvalue weighted by Crippen LogP contribution is 2.33. The molecule has 0 aromatic carbocycles. The first-order valence-corrected chi connectivity index (χ1v) is 6.54. The topological polar surface area (TPSA) is 53.4 Å². The Morgan fingerprint density at radius 2 is 2.06 bits per heavy atom. The van der Waals surface area contributed by atoms with Crippen molar-refractivity contribution in [2.24, 2.45) is 0 Å².